The third-order valence-corrected chi connectivity index (χ3v) is 6.88. The number of likely N-dealkylation sites (tertiary alicyclic amines) is 1. The number of benzene rings is 1. The first-order valence-electron chi connectivity index (χ1n) is 10.9. The number of halogens is 1. The van der Waals surface area contributed by atoms with Gasteiger partial charge in [-0.1, -0.05) is 37.6 Å². The van der Waals surface area contributed by atoms with Crippen LogP contribution in [0.15, 0.2) is 35.5 Å². The van der Waals surface area contributed by atoms with Gasteiger partial charge in [0.1, 0.15) is 0 Å². The fourth-order valence-electron chi connectivity index (χ4n) is 3.81. The Bertz CT molecular complexity index is 791. The van der Waals surface area contributed by atoms with Crippen LogP contribution in [0.5, 0.6) is 0 Å². The maximum Gasteiger partial charge on any atom is 0.191 e. The van der Waals surface area contributed by atoms with Gasteiger partial charge < -0.3 is 10.6 Å². The second-order valence-corrected chi connectivity index (χ2v) is 8.96. The number of nitrogens with zero attached hydrogens (tertiary/aromatic N) is 3. The first-order valence-corrected chi connectivity index (χ1v) is 11.7. The van der Waals surface area contributed by atoms with Crippen LogP contribution in [0.2, 0.25) is 0 Å². The van der Waals surface area contributed by atoms with Crippen molar-refractivity contribution < 1.29 is 0 Å². The normalized spacial score (nSPS) is 17.4. The summed E-state index contributed by atoms with van der Waals surface area (Å²) in [4.78, 5) is 12.8. The molecule has 2 N–H and O–H groups in total. The summed E-state index contributed by atoms with van der Waals surface area (Å²) in [6.45, 7) is 8.40. The van der Waals surface area contributed by atoms with Crippen molar-refractivity contribution in [2.24, 2.45) is 4.99 Å². The standard InChI is InChI=1S/C23H35N5S.HI/c1-4-21-16-26-22(29-21)12-13-25-23(24-3)27-15-19-10-5-6-11-20(19)17-28-14-8-7-9-18(28)2;/h5-6,10-11,16,18H,4,7-9,12-15,17H2,1-3H3,(H2,24,25,27);1H. The summed E-state index contributed by atoms with van der Waals surface area (Å²) in [5.41, 5.74) is 2.76. The van der Waals surface area contributed by atoms with Gasteiger partial charge in [0.25, 0.3) is 0 Å². The number of hydrogen-bond donors (Lipinski definition) is 2. The van der Waals surface area contributed by atoms with Gasteiger partial charge >= 0.3 is 0 Å². The Labute approximate surface area is 202 Å². The lowest BCUT2D eigenvalue weighted by molar-refractivity contribution is 0.152. The average molecular weight is 542 g/mol. The minimum Gasteiger partial charge on any atom is -0.356 e. The molecule has 0 spiro atoms. The van der Waals surface area contributed by atoms with E-state index in [1.807, 2.05) is 13.2 Å². The van der Waals surface area contributed by atoms with Gasteiger partial charge in [0, 0.05) is 50.2 Å². The molecule has 1 unspecified atom stereocenters. The molecule has 0 bridgehead atoms. The van der Waals surface area contributed by atoms with E-state index >= 15 is 0 Å². The van der Waals surface area contributed by atoms with Crippen molar-refractivity contribution in [2.75, 3.05) is 20.1 Å². The second-order valence-electron chi connectivity index (χ2n) is 7.76. The summed E-state index contributed by atoms with van der Waals surface area (Å²) in [6, 6.07) is 9.45. The van der Waals surface area contributed by atoms with Crippen LogP contribution in [0.1, 0.15) is 54.1 Å². The average Bonchev–Trinajstić information content (AvgIpc) is 3.21. The monoisotopic (exact) mass is 541 g/mol. The third-order valence-electron chi connectivity index (χ3n) is 5.68. The summed E-state index contributed by atoms with van der Waals surface area (Å²) >= 11 is 1.80. The second kappa shape index (κ2) is 13.3. The fraction of sp³-hybridized carbons (Fsp3) is 0.565. The molecule has 0 saturated carbocycles. The lowest BCUT2D eigenvalue weighted by Crippen LogP contribution is -2.39. The number of nitrogens with one attached hydrogen (secondary N) is 2. The molecule has 5 nitrogen and oxygen atoms in total. The Hall–Kier alpha value is -1.19. The molecule has 2 aromatic rings. The van der Waals surface area contributed by atoms with E-state index in [2.05, 4.69) is 63.6 Å². The van der Waals surface area contributed by atoms with Crippen LogP contribution in [0.25, 0.3) is 0 Å². The van der Waals surface area contributed by atoms with E-state index in [4.69, 9.17) is 0 Å². The van der Waals surface area contributed by atoms with Gasteiger partial charge in [-0.15, -0.1) is 35.3 Å². The number of thiazole rings is 1. The lowest BCUT2D eigenvalue weighted by atomic mass is 10.0. The summed E-state index contributed by atoms with van der Waals surface area (Å²) in [7, 11) is 1.83. The number of aromatic nitrogens is 1. The fourth-order valence-corrected chi connectivity index (χ4v) is 4.67. The number of rotatable bonds is 8. The Morgan fingerprint density at radius 2 is 2.03 bits per heavy atom. The Balaban J connectivity index is 0.00000320. The largest absolute Gasteiger partial charge is 0.356 e. The van der Waals surface area contributed by atoms with E-state index in [1.54, 1.807) is 11.3 Å². The zero-order chi connectivity index (χ0) is 20.5. The first-order chi connectivity index (χ1) is 14.2. The zero-order valence-electron chi connectivity index (χ0n) is 18.5. The van der Waals surface area contributed by atoms with Crippen LogP contribution in [-0.4, -0.2) is 42.0 Å². The Morgan fingerprint density at radius 1 is 1.23 bits per heavy atom. The molecule has 1 aromatic carbocycles. The quantitative estimate of drug-likeness (QED) is 0.291. The van der Waals surface area contributed by atoms with Crippen molar-refractivity contribution in [3.63, 3.8) is 0 Å². The van der Waals surface area contributed by atoms with Crippen LogP contribution >= 0.6 is 35.3 Å². The molecule has 166 valence electrons. The van der Waals surface area contributed by atoms with Crippen molar-refractivity contribution >= 4 is 41.3 Å². The highest BCUT2D eigenvalue weighted by atomic mass is 127. The maximum atomic E-state index is 4.49. The number of guanidine groups is 1. The molecule has 7 heteroatoms. The molecule has 2 heterocycles. The summed E-state index contributed by atoms with van der Waals surface area (Å²) in [6.07, 6.45) is 7.98. The zero-order valence-corrected chi connectivity index (χ0v) is 21.6. The molecule has 3 rings (SSSR count). The number of piperidine rings is 1. The van der Waals surface area contributed by atoms with E-state index in [-0.39, 0.29) is 24.0 Å². The topological polar surface area (TPSA) is 52.6 Å². The van der Waals surface area contributed by atoms with Crippen LogP contribution in [-0.2, 0) is 25.9 Å². The van der Waals surface area contributed by atoms with Crippen LogP contribution < -0.4 is 10.6 Å². The molecule has 1 aliphatic rings. The van der Waals surface area contributed by atoms with Crippen LogP contribution in [0, 0.1) is 0 Å². The van der Waals surface area contributed by atoms with Gasteiger partial charge in [-0.3, -0.25) is 9.89 Å². The lowest BCUT2D eigenvalue weighted by Gasteiger charge is -2.33. The van der Waals surface area contributed by atoms with Gasteiger partial charge in [0.15, 0.2) is 5.96 Å². The van der Waals surface area contributed by atoms with E-state index in [1.165, 1.54) is 46.8 Å². The van der Waals surface area contributed by atoms with Gasteiger partial charge in [-0.05, 0) is 43.9 Å². The Morgan fingerprint density at radius 3 is 2.73 bits per heavy atom. The highest BCUT2D eigenvalue weighted by Gasteiger charge is 2.19. The summed E-state index contributed by atoms with van der Waals surface area (Å²) in [5.74, 6) is 0.846. The van der Waals surface area contributed by atoms with Crippen molar-refractivity contribution in [2.45, 2.75) is 65.1 Å². The SMILES string of the molecule is CCc1cnc(CCNC(=NC)NCc2ccccc2CN2CCCCC2C)s1.I. The Kier molecular flexibility index (Phi) is 11.1. The van der Waals surface area contributed by atoms with E-state index in [0.29, 0.717) is 6.04 Å². The van der Waals surface area contributed by atoms with E-state index in [9.17, 15) is 0 Å². The smallest absolute Gasteiger partial charge is 0.191 e. The minimum atomic E-state index is 0. The van der Waals surface area contributed by atoms with E-state index in [0.717, 1.165) is 38.4 Å². The van der Waals surface area contributed by atoms with Crippen LogP contribution in [0.3, 0.4) is 0 Å². The molecule has 1 atom stereocenters. The number of hydrogen-bond acceptors (Lipinski definition) is 4. The van der Waals surface area contributed by atoms with Crippen molar-refractivity contribution in [1.29, 1.82) is 0 Å². The highest BCUT2D eigenvalue weighted by Crippen LogP contribution is 2.20. The van der Waals surface area contributed by atoms with Crippen molar-refractivity contribution in [1.82, 2.24) is 20.5 Å². The molecular formula is C23H36IN5S. The van der Waals surface area contributed by atoms with Crippen molar-refractivity contribution in [3.8, 4) is 0 Å². The van der Waals surface area contributed by atoms with Gasteiger partial charge in [0.2, 0.25) is 0 Å². The third kappa shape index (κ3) is 7.50. The van der Waals surface area contributed by atoms with Crippen LogP contribution in [0.4, 0.5) is 0 Å². The highest BCUT2D eigenvalue weighted by molar-refractivity contribution is 14.0. The molecular weight excluding hydrogens is 505 g/mol. The molecule has 1 aromatic heterocycles. The predicted octanol–water partition coefficient (Wildman–Crippen LogP) is 4.61. The molecule has 0 aliphatic carbocycles. The predicted molar refractivity (Wildman–Crippen MR) is 139 cm³/mol. The summed E-state index contributed by atoms with van der Waals surface area (Å²) in [5, 5.41) is 8.08. The number of aliphatic imine (C=N–C) groups is 1. The molecule has 1 saturated heterocycles. The molecule has 0 amide bonds. The van der Waals surface area contributed by atoms with Gasteiger partial charge in [-0.2, -0.15) is 0 Å². The number of aryl methyl sites for hydroxylation is 1. The molecule has 30 heavy (non-hydrogen) atoms. The van der Waals surface area contributed by atoms with Crippen molar-refractivity contribution in [3.05, 3.63) is 51.5 Å². The summed E-state index contributed by atoms with van der Waals surface area (Å²) < 4.78 is 0. The molecule has 1 fully saturated rings. The molecule has 0 radical (unpaired) electrons. The van der Waals surface area contributed by atoms with Gasteiger partial charge in [0.05, 0.1) is 5.01 Å². The first kappa shape index (κ1) is 25.1. The minimum absolute atomic E-state index is 0. The maximum absolute atomic E-state index is 4.49. The molecule has 1 aliphatic heterocycles. The van der Waals surface area contributed by atoms with E-state index < -0.39 is 0 Å². The van der Waals surface area contributed by atoms with Gasteiger partial charge in [-0.25, -0.2) is 4.98 Å².